The zero-order chi connectivity index (χ0) is 22.1. The number of rotatable bonds is 11. The lowest BCUT2D eigenvalue weighted by atomic mass is 10.1. The highest BCUT2D eigenvalue weighted by Crippen LogP contribution is 2.36. The van der Waals surface area contributed by atoms with Crippen LogP contribution in [-0.4, -0.2) is 56.6 Å². The van der Waals surface area contributed by atoms with E-state index < -0.39 is 18.0 Å². The molecule has 1 aromatic heterocycles. The number of nitrogens with zero attached hydrogens (tertiary/aromatic N) is 2. The van der Waals surface area contributed by atoms with Crippen molar-refractivity contribution >= 4 is 17.8 Å². The zero-order valence-corrected chi connectivity index (χ0v) is 18.0. The van der Waals surface area contributed by atoms with Gasteiger partial charge in [0.15, 0.2) is 11.6 Å². The van der Waals surface area contributed by atoms with E-state index in [0.717, 1.165) is 13.1 Å². The number of aromatic nitrogens is 1. The molecule has 0 amide bonds. The molecule has 2 rings (SSSR count). The number of ether oxygens (including phenoxy) is 4. The van der Waals surface area contributed by atoms with Crippen molar-refractivity contribution in [3.8, 4) is 22.8 Å². The van der Waals surface area contributed by atoms with Gasteiger partial charge >= 0.3 is 11.9 Å². The number of carbonyl (C=O) groups excluding carboxylic acids is 2. The van der Waals surface area contributed by atoms with E-state index >= 15 is 0 Å². The molecule has 1 aromatic carbocycles. The minimum Gasteiger partial charge on any atom is -0.497 e. The fourth-order valence-electron chi connectivity index (χ4n) is 2.78. The molecule has 0 N–H and O–H groups in total. The maximum Gasteiger partial charge on any atom is 0.359 e. The molecule has 1 heterocycles. The standard InChI is InChI=1S/C21H28N2O7/c1-6-23(7-2)18-13-17(30-22-18)15-11-10-14(26-5)12-16(15)29-19(20(24)27-8-3)21(25)28-9-4/h10-13,19H,6-9H2,1-5H3. The van der Waals surface area contributed by atoms with Gasteiger partial charge in [-0.1, -0.05) is 5.16 Å². The van der Waals surface area contributed by atoms with Gasteiger partial charge in [-0.25, -0.2) is 9.59 Å². The van der Waals surface area contributed by atoms with Crippen molar-refractivity contribution in [3.63, 3.8) is 0 Å². The average molecular weight is 420 g/mol. The van der Waals surface area contributed by atoms with E-state index in [2.05, 4.69) is 5.16 Å². The van der Waals surface area contributed by atoms with E-state index in [1.807, 2.05) is 18.7 Å². The summed E-state index contributed by atoms with van der Waals surface area (Å²) in [5.74, 6) is 0.0776. The molecule has 0 fully saturated rings. The van der Waals surface area contributed by atoms with Gasteiger partial charge in [-0.2, -0.15) is 0 Å². The number of benzene rings is 1. The second-order valence-corrected chi connectivity index (χ2v) is 6.09. The van der Waals surface area contributed by atoms with Crippen LogP contribution in [0.4, 0.5) is 5.82 Å². The SMILES string of the molecule is CCOC(=O)C(Oc1cc(OC)ccc1-c1cc(N(CC)CC)no1)C(=O)OCC. The Balaban J connectivity index is 2.45. The molecule has 0 radical (unpaired) electrons. The minimum atomic E-state index is -1.58. The number of methoxy groups -OCH3 is 1. The Hall–Kier alpha value is -3.23. The number of anilines is 1. The third-order valence-corrected chi connectivity index (χ3v) is 4.29. The molecule has 0 bridgehead atoms. The highest BCUT2D eigenvalue weighted by atomic mass is 16.6. The zero-order valence-electron chi connectivity index (χ0n) is 18.0. The number of carbonyl (C=O) groups is 2. The van der Waals surface area contributed by atoms with Crippen molar-refractivity contribution in [3.05, 3.63) is 24.3 Å². The summed E-state index contributed by atoms with van der Waals surface area (Å²) < 4.78 is 26.5. The maximum absolute atomic E-state index is 12.3. The lowest BCUT2D eigenvalue weighted by molar-refractivity contribution is -0.166. The highest BCUT2D eigenvalue weighted by Gasteiger charge is 2.33. The van der Waals surface area contributed by atoms with Crippen LogP contribution in [0.1, 0.15) is 27.7 Å². The lowest BCUT2D eigenvalue weighted by Crippen LogP contribution is -2.38. The van der Waals surface area contributed by atoms with Gasteiger partial charge in [0.2, 0.25) is 0 Å². The third-order valence-electron chi connectivity index (χ3n) is 4.29. The quantitative estimate of drug-likeness (QED) is 0.401. The van der Waals surface area contributed by atoms with E-state index in [1.165, 1.54) is 7.11 Å². The minimum absolute atomic E-state index is 0.0956. The summed E-state index contributed by atoms with van der Waals surface area (Å²) in [5, 5.41) is 4.11. The molecule has 0 aliphatic heterocycles. The van der Waals surface area contributed by atoms with Crippen molar-refractivity contribution in [1.82, 2.24) is 5.16 Å². The highest BCUT2D eigenvalue weighted by molar-refractivity contribution is 5.98. The summed E-state index contributed by atoms with van der Waals surface area (Å²) >= 11 is 0. The van der Waals surface area contributed by atoms with Crippen LogP contribution in [0.5, 0.6) is 11.5 Å². The van der Waals surface area contributed by atoms with Crippen molar-refractivity contribution < 1.29 is 33.1 Å². The Bertz CT molecular complexity index is 828. The van der Waals surface area contributed by atoms with Crippen LogP contribution >= 0.6 is 0 Å². The Morgan fingerprint density at radius 1 is 1.03 bits per heavy atom. The van der Waals surface area contributed by atoms with Crippen molar-refractivity contribution in [2.75, 3.05) is 38.3 Å². The van der Waals surface area contributed by atoms with Crippen LogP contribution in [0.3, 0.4) is 0 Å². The van der Waals surface area contributed by atoms with Crippen LogP contribution in [0.25, 0.3) is 11.3 Å². The molecule has 0 saturated heterocycles. The number of hydrogen-bond acceptors (Lipinski definition) is 9. The summed E-state index contributed by atoms with van der Waals surface area (Å²) in [6.45, 7) is 9.04. The third kappa shape index (κ3) is 5.43. The number of hydrogen-bond donors (Lipinski definition) is 0. The molecular formula is C21H28N2O7. The molecular weight excluding hydrogens is 392 g/mol. The smallest absolute Gasteiger partial charge is 0.359 e. The summed E-state index contributed by atoms with van der Waals surface area (Å²) in [7, 11) is 1.50. The molecule has 30 heavy (non-hydrogen) atoms. The van der Waals surface area contributed by atoms with Crippen LogP contribution in [-0.2, 0) is 19.1 Å². The first-order valence-electron chi connectivity index (χ1n) is 9.88. The molecule has 2 aromatic rings. The predicted molar refractivity (Wildman–Crippen MR) is 110 cm³/mol. The first-order chi connectivity index (χ1) is 14.5. The molecule has 0 aliphatic carbocycles. The van der Waals surface area contributed by atoms with Gasteiger partial charge in [0.05, 0.1) is 25.9 Å². The van der Waals surface area contributed by atoms with E-state index in [0.29, 0.717) is 22.9 Å². The van der Waals surface area contributed by atoms with Gasteiger partial charge in [0.25, 0.3) is 6.10 Å². The van der Waals surface area contributed by atoms with Crippen LogP contribution in [0.15, 0.2) is 28.8 Å². The van der Waals surface area contributed by atoms with E-state index in [1.54, 1.807) is 38.1 Å². The predicted octanol–water partition coefficient (Wildman–Crippen LogP) is 3.07. The Morgan fingerprint density at radius 2 is 1.67 bits per heavy atom. The van der Waals surface area contributed by atoms with Crippen LogP contribution in [0, 0.1) is 0 Å². The molecule has 0 atom stereocenters. The average Bonchev–Trinajstić information content (AvgIpc) is 3.22. The number of esters is 2. The molecule has 0 spiro atoms. The first-order valence-corrected chi connectivity index (χ1v) is 9.88. The van der Waals surface area contributed by atoms with E-state index in [-0.39, 0.29) is 19.0 Å². The van der Waals surface area contributed by atoms with Gasteiger partial charge in [-0.3, -0.25) is 0 Å². The van der Waals surface area contributed by atoms with Gasteiger partial charge in [-0.05, 0) is 39.8 Å². The van der Waals surface area contributed by atoms with Gasteiger partial charge < -0.3 is 28.4 Å². The maximum atomic E-state index is 12.3. The fraction of sp³-hybridized carbons (Fsp3) is 0.476. The molecule has 0 saturated carbocycles. The second-order valence-electron chi connectivity index (χ2n) is 6.09. The molecule has 9 nitrogen and oxygen atoms in total. The van der Waals surface area contributed by atoms with Gasteiger partial charge in [0.1, 0.15) is 11.5 Å². The molecule has 164 valence electrons. The fourth-order valence-corrected chi connectivity index (χ4v) is 2.78. The van der Waals surface area contributed by atoms with Crippen molar-refractivity contribution in [1.29, 1.82) is 0 Å². The summed E-state index contributed by atoms with van der Waals surface area (Å²) in [5.41, 5.74) is 0.500. The van der Waals surface area contributed by atoms with Crippen molar-refractivity contribution in [2.24, 2.45) is 0 Å². The molecule has 9 heteroatoms. The monoisotopic (exact) mass is 420 g/mol. The van der Waals surface area contributed by atoms with E-state index in [4.69, 9.17) is 23.5 Å². The van der Waals surface area contributed by atoms with Gasteiger partial charge in [-0.15, -0.1) is 0 Å². The summed E-state index contributed by atoms with van der Waals surface area (Å²) in [4.78, 5) is 26.7. The van der Waals surface area contributed by atoms with E-state index in [9.17, 15) is 9.59 Å². The first kappa shape index (κ1) is 23.1. The topological polar surface area (TPSA) is 100 Å². The van der Waals surface area contributed by atoms with Crippen LogP contribution in [0.2, 0.25) is 0 Å². The Labute approximate surface area is 175 Å². The van der Waals surface area contributed by atoms with Crippen LogP contribution < -0.4 is 14.4 Å². The van der Waals surface area contributed by atoms with Gasteiger partial charge in [0, 0.05) is 25.2 Å². The summed E-state index contributed by atoms with van der Waals surface area (Å²) in [6, 6.07) is 6.74. The molecule has 0 aliphatic rings. The van der Waals surface area contributed by atoms with Crippen molar-refractivity contribution in [2.45, 2.75) is 33.8 Å². The summed E-state index contributed by atoms with van der Waals surface area (Å²) in [6.07, 6.45) is -1.58. The molecule has 0 unspecified atom stereocenters. The second kappa shape index (κ2) is 11.1. The Kier molecular flexibility index (Phi) is 8.52. The normalized spacial score (nSPS) is 10.6. The lowest BCUT2D eigenvalue weighted by Gasteiger charge is -2.18. The largest absolute Gasteiger partial charge is 0.497 e. The Morgan fingerprint density at radius 3 is 2.20 bits per heavy atom.